The molecule has 0 radical (unpaired) electrons. The number of ether oxygens (including phenoxy) is 1. The first-order valence-electron chi connectivity index (χ1n) is 16.2. The fraction of sp³-hybridized carbons (Fsp3) is 0.636. The summed E-state index contributed by atoms with van der Waals surface area (Å²) in [4.78, 5) is 37.3. The third kappa shape index (κ3) is 7.24. The number of piperidine rings is 1. The van der Waals surface area contributed by atoms with Gasteiger partial charge in [-0.05, 0) is 68.9 Å². The Kier molecular flexibility index (Phi) is 10.1. The topological polar surface area (TPSA) is 99.7 Å². The number of carbonyl (C=O) groups excluding carboxylic acids is 2. The molecule has 3 atom stereocenters. The Bertz CT molecular complexity index is 1430. The van der Waals surface area contributed by atoms with Gasteiger partial charge in [0, 0.05) is 51.4 Å². The van der Waals surface area contributed by atoms with E-state index in [1.165, 1.54) is 13.2 Å². The number of nitrogens with zero attached hydrogens (tertiary/aromatic N) is 4. The Morgan fingerprint density at radius 3 is 2.57 bits per heavy atom. The van der Waals surface area contributed by atoms with Crippen molar-refractivity contribution in [1.82, 2.24) is 25.1 Å². The van der Waals surface area contributed by atoms with Gasteiger partial charge in [0.05, 0.1) is 29.6 Å². The van der Waals surface area contributed by atoms with Crippen LogP contribution in [0.3, 0.4) is 0 Å². The molecular weight excluding hydrogens is 604 g/mol. The van der Waals surface area contributed by atoms with Gasteiger partial charge in [-0.2, -0.15) is 13.2 Å². The number of methoxy groups -OCH3 is 1. The van der Waals surface area contributed by atoms with Gasteiger partial charge in [-0.1, -0.05) is 19.8 Å². The number of halogens is 4. The lowest BCUT2D eigenvalue weighted by Gasteiger charge is -2.39. The highest BCUT2D eigenvalue weighted by molar-refractivity contribution is 5.96. The predicted molar refractivity (Wildman–Crippen MR) is 165 cm³/mol. The fourth-order valence-electron chi connectivity index (χ4n) is 7.54. The third-order valence-electron chi connectivity index (χ3n) is 10.3. The highest BCUT2D eigenvalue weighted by atomic mass is 19.4. The van der Waals surface area contributed by atoms with E-state index in [-0.39, 0.29) is 64.4 Å². The summed E-state index contributed by atoms with van der Waals surface area (Å²) >= 11 is 0. The molecule has 1 saturated heterocycles. The van der Waals surface area contributed by atoms with Crippen LogP contribution in [0, 0.1) is 17.2 Å². The number of aryl methyl sites for hydroxylation is 1. The number of anilines is 2. The number of alkyl halides is 3. The molecule has 2 aromatic rings. The smallest absolute Gasteiger partial charge is 0.419 e. The second-order valence-electron chi connectivity index (χ2n) is 13.0. The SMILES string of the molecule is CCN1CCC(NC(=O)c2cc(OC)c(Nc3ncc(C(F)(F)F)c(CC[C@@H]4C[C@@]45CCCC[C@H]5N(C)C(C)=O)n3)cc2F)CC1. The van der Waals surface area contributed by atoms with Crippen LogP contribution in [0.5, 0.6) is 5.75 Å². The molecule has 0 bridgehead atoms. The van der Waals surface area contributed by atoms with Crippen molar-refractivity contribution >= 4 is 23.5 Å². The summed E-state index contributed by atoms with van der Waals surface area (Å²) in [5, 5.41) is 5.70. The minimum Gasteiger partial charge on any atom is -0.495 e. The summed E-state index contributed by atoms with van der Waals surface area (Å²) in [5.41, 5.74) is -1.23. The van der Waals surface area contributed by atoms with Crippen molar-refractivity contribution in [3.63, 3.8) is 0 Å². The van der Waals surface area contributed by atoms with Crippen LogP contribution in [-0.4, -0.2) is 77.5 Å². The maximum absolute atomic E-state index is 15.2. The van der Waals surface area contributed by atoms with Gasteiger partial charge in [-0.25, -0.2) is 14.4 Å². The van der Waals surface area contributed by atoms with E-state index in [1.54, 1.807) is 11.8 Å². The average Bonchev–Trinajstić information content (AvgIpc) is 3.71. The molecule has 2 amide bonds. The molecule has 5 rings (SSSR count). The zero-order valence-electron chi connectivity index (χ0n) is 27.0. The summed E-state index contributed by atoms with van der Waals surface area (Å²) in [6.07, 6.45) is 3.03. The Labute approximate surface area is 267 Å². The van der Waals surface area contributed by atoms with Gasteiger partial charge < -0.3 is 25.2 Å². The maximum Gasteiger partial charge on any atom is 0.419 e. The van der Waals surface area contributed by atoms with Crippen LogP contribution in [0.1, 0.15) is 86.8 Å². The first-order valence-corrected chi connectivity index (χ1v) is 16.2. The Balaban J connectivity index is 1.31. The van der Waals surface area contributed by atoms with Gasteiger partial charge in [0.1, 0.15) is 11.6 Å². The van der Waals surface area contributed by atoms with Crippen LogP contribution in [0.4, 0.5) is 29.2 Å². The molecule has 9 nitrogen and oxygen atoms in total. The summed E-state index contributed by atoms with van der Waals surface area (Å²) in [6, 6.07) is 2.36. The van der Waals surface area contributed by atoms with Gasteiger partial charge in [0.2, 0.25) is 11.9 Å². The lowest BCUT2D eigenvalue weighted by Crippen LogP contribution is -2.44. The second-order valence-corrected chi connectivity index (χ2v) is 13.0. The zero-order valence-corrected chi connectivity index (χ0v) is 27.0. The first-order chi connectivity index (χ1) is 21.9. The minimum absolute atomic E-state index is 0.00369. The second kappa shape index (κ2) is 13.7. The molecule has 13 heteroatoms. The summed E-state index contributed by atoms with van der Waals surface area (Å²) < 4.78 is 62.6. The van der Waals surface area contributed by atoms with Crippen molar-refractivity contribution in [3.8, 4) is 5.75 Å². The molecule has 2 saturated carbocycles. The fourth-order valence-corrected chi connectivity index (χ4v) is 7.54. The van der Waals surface area contributed by atoms with Crippen molar-refractivity contribution in [2.45, 2.75) is 89.9 Å². The van der Waals surface area contributed by atoms with E-state index in [1.807, 2.05) is 7.05 Å². The summed E-state index contributed by atoms with van der Waals surface area (Å²) in [7, 11) is 3.17. The van der Waals surface area contributed by atoms with Crippen molar-refractivity contribution in [2.75, 3.05) is 39.1 Å². The van der Waals surface area contributed by atoms with Gasteiger partial charge >= 0.3 is 6.18 Å². The number of nitrogens with one attached hydrogen (secondary N) is 2. The van der Waals surface area contributed by atoms with E-state index in [9.17, 15) is 22.8 Å². The highest BCUT2D eigenvalue weighted by Gasteiger charge is 2.60. The molecule has 2 N–H and O–H groups in total. The average molecular weight is 649 g/mol. The van der Waals surface area contributed by atoms with Crippen molar-refractivity contribution < 1.29 is 31.9 Å². The Morgan fingerprint density at radius 1 is 1.17 bits per heavy atom. The molecular formula is C33H44F4N6O3. The van der Waals surface area contributed by atoms with Crippen molar-refractivity contribution in [1.29, 1.82) is 0 Å². The van der Waals surface area contributed by atoms with Gasteiger partial charge in [0.15, 0.2) is 0 Å². The molecule has 1 aromatic heterocycles. The molecule has 1 aromatic carbocycles. The van der Waals surface area contributed by atoms with Crippen molar-refractivity contribution in [2.24, 2.45) is 11.3 Å². The number of aromatic nitrogens is 2. The van der Waals surface area contributed by atoms with Crippen LogP contribution >= 0.6 is 0 Å². The zero-order chi connectivity index (χ0) is 33.2. The van der Waals surface area contributed by atoms with Crippen LogP contribution < -0.4 is 15.4 Å². The van der Waals surface area contributed by atoms with Crippen LogP contribution in [0.25, 0.3) is 0 Å². The highest BCUT2D eigenvalue weighted by Crippen LogP contribution is 2.64. The Morgan fingerprint density at radius 2 is 1.91 bits per heavy atom. The van der Waals surface area contributed by atoms with Crippen LogP contribution in [0.15, 0.2) is 18.3 Å². The van der Waals surface area contributed by atoms with E-state index in [4.69, 9.17) is 4.74 Å². The molecule has 46 heavy (non-hydrogen) atoms. The number of likely N-dealkylation sites (tertiary alicyclic amines) is 1. The molecule has 2 aliphatic carbocycles. The quantitative estimate of drug-likeness (QED) is 0.307. The lowest BCUT2D eigenvalue weighted by atomic mass is 9.78. The molecule has 2 heterocycles. The number of hydrogen-bond donors (Lipinski definition) is 2. The van der Waals surface area contributed by atoms with E-state index in [2.05, 4.69) is 32.4 Å². The molecule has 1 spiro atoms. The molecule has 0 unspecified atom stereocenters. The monoisotopic (exact) mass is 648 g/mol. The number of amides is 2. The summed E-state index contributed by atoms with van der Waals surface area (Å²) in [6.45, 7) is 6.27. The van der Waals surface area contributed by atoms with Crippen LogP contribution in [-0.2, 0) is 17.4 Å². The summed E-state index contributed by atoms with van der Waals surface area (Å²) in [5.74, 6) is -1.20. The maximum atomic E-state index is 15.2. The first kappa shape index (κ1) is 33.9. The van der Waals surface area contributed by atoms with Gasteiger partial charge in [-0.3, -0.25) is 9.59 Å². The predicted octanol–water partition coefficient (Wildman–Crippen LogP) is 5.96. The minimum atomic E-state index is -4.65. The normalized spacial score (nSPS) is 23.7. The molecule has 3 fully saturated rings. The number of hydrogen-bond acceptors (Lipinski definition) is 7. The van der Waals surface area contributed by atoms with Gasteiger partial charge in [0.25, 0.3) is 5.91 Å². The van der Waals surface area contributed by atoms with Crippen LogP contribution in [0.2, 0.25) is 0 Å². The molecule has 252 valence electrons. The molecule has 1 aliphatic heterocycles. The standard InChI is InChI=1S/C33H44F4N6O3/c1-5-43-14-11-22(12-15-43)39-30(45)23-16-28(46-4)27(17-25(23)34)41-31-38-19-24(33(35,36)37)26(40-31)10-9-21-18-32(21)13-7-6-8-29(32)42(3)20(2)44/h16-17,19,21-22,29H,5-15,18H2,1-4H3,(H,39,45)(H,38,40,41)/t21-,29-,32+/m1/s1. The van der Waals surface area contributed by atoms with Gasteiger partial charge in [-0.15, -0.1) is 0 Å². The van der Waals surface area contributed by atoms with E-state index in [0.29, 0.717) is 6.42 Å². The largest absolute Gasteiger partial charge is 0.495 e. The number of benzene rings is 1. The lowest BCUT2D eigenvalue weighted by molar-refractivity contribution is -0.138. The van der Waals surface area contributed by atoms with Crippen molar-refractivity contribution in [3.05, 3.63) is 41.0 Å². The van der Waals surface area contributed by atoms with E-state index in [0.717, 1.165) is 76.8 Å². The van der Waals surface area contributed by atoms with E-state index < -0.39 is 23.5 Å². The number of rotatable bonds is 10. The van der Waals surface area contributed by atoms with E-state index >= 15 is 4.39 Å². The molecule has 3 aliphatic rings. The Hall–Kier alpha value is -3.48. The third-order valence-corrected chi connectivity index (χ3v) is 10.3. The number of carbonyl (C=O) groups is 2.